The van der Waals surface area contributed by atoms with Gasteiger partial charge in [-0.15, -0.1) is 0 Å². The molecule has 1 aliphatic heterocycles. The number of hydrogen-bond acceptors (Lipinski definition) is 5. The number of aromatic nitrogens is 2. The van der Waals surface area contributed by atoms with Crippen molar-refractivity contribution in [1.29, 1.82) is 0 Å². The average molecular weight is 372 g/mol. The van der Waals surface area contributed by atoms with E-state index in [0.717, 1.165) is 36.3 Å². The molecule has 0 radical (unpaired) electrons. The summed E-state index contributed by atoms with van der Waals surface area (Å²) in [6.45, 7) is 0.679. The fourth-order valence-electron chi connectivity index (χ4n) is 3.50. The Bertz CT molecular complexity index is 1020. The van der Waals surface area contributed by atoms with Crippen LogP contribution in [0.3, 0.4) is 0 Å². The van der Waals surface area contributed by atoms with Gasteiger partial charge >= 0.3 is 0 Å². The number of benzene rings is 1. The number of fused-ring (bicyclic) bond motifs is 1. The van der Waals surface area contributed by atoms with Crippen molar-refractivity contribution in [2.45, 2.75) is 19.3 Å². The minimum absolute atomic E-state index is 0.0858. The van der Waals surface area contributed by atoms with Crippen LogP contribution < -0.4 is 4.90 Å². The van der Waals surface area contributed by atoms with Gasteiger partial charge in [-0.2, -0.15) is 0 Å². The molecule has 2 aromatic heterocycles. The molecule has 3 heterocycles. The van der Waals surface area contributed by atoms with Gasteiger partial charge in [-0.3, -0.25) is 15.1 Å². The number of nitrogens with zero attached hydrogens (tertiary/aromatic N) is 4. The summed E-state index contributed by atoms with van der Waals surface area (Å²) < 4.78 is 0. The Kier molecular flexibility index (Phi) is 5.10. The van der Waals surface area contributed by atoms with Crippen LogP contribution in [0.5, 0.6) is 0 Å². The molecule has 0 fully saturated rings. The standard InChI is InChI=1S/C22H20N4O2/c27-26(28)21-10-2-9-20(14-21)25-16-18(13-19-8-4-12-24-22(19)25)6-1-5-17-7-3-11-23-15-17/h2-4,7-15H,1,5-6,16H2. The van der Waals surface area contributed by atoms with Crippen molar-refractivity contribution in [3.8, 4) is 0 Å². The fraction of sp³-hybridized carbons (Fsp3) is 0.182. The molecular formula is C22H20N4O2. The summed E-state index contributed by atoms with van der Waals surface area (Å²) in [6, 6.07) is 14.7. The van der Waals surface area contributed by atoms with Crippen molar-refractivity contribution in [3.05, 3.63) is 93.9 Å². The third kappa shape index (κ3) is 3.91. The molecule has 0 saturated heterocycles. The minimum atomic E-state index is -0.364. The second kappa shape index (κ2) is 8.00. The minimum Gasteiger partial charge on any atom is -0.322 e. The highest BCUT2D eigenvalue weighted by Crippen LogP contribution is 2.35. The summed E-state index contributed by atoms with van der Waals surface area (Å²) >= 11 is 0. The van der Waals surface area contributed by atoms with E-state index in [0.29, 0.717) is 6.54 Å². The van der Waals surface area contributed by atoms with E-state index in [4.69, 9.17) is 0 Å². The summed E-state index contributed by atoms with van der Waals surface area (Å²) in [7, 11) is 0. The van der Waals surface area contributed by atoms with E-state index in [1.54, 1.807) is 24.5 Å². The molecule has 0 N–H and O–H groups in total. The predicted octanol–water partition coefficient (Wildman–Crippen LogP) is 4.94. The van der Waals surface area contributed by atoms with E-state index in [-0.39, 0.29) is 10.6 Å². The molecular weight excluding hydrogens is 352 g/mol. The summed E-state index contributed by atoms with van der Waals surface area (Å²) in [5.41, 5.74) is 4.43. The zero-order valence-corrected chi connectivity index (χ0v) is 15.4. The van der Waals surface area contributed by atoms with Crippen LogP contribution in [0.2, 0.25) is 0 Å². The summed E-state index contributed by atoms with van der Waals surface area (Å²) in [6.07, 6.45) is 10.6. The van der Waals surface area contributed by atoms with E-state index in [2.05, 4.69) is 27.0 Å². The number of nitro benzene ring substituents is 1. The quantitative estimate of drug-likeness (QED) is 0.452. The van der Waals surface area contributed by atoms with Crippen LogP contribution in [-0.2, 0) is 6.42 Å². The Morgan fingerprint density at radius 2 is 1.96 bits per heavy atom. The van der Waals surface area contributed by atoms with E-state index >= 15 is 0 Å². The lowest BCUT2D eigenvalue weighted by molar-refractivity contribution is -0.384. The molecule has 0 aliphatic carbocycles. The van der Waals surface area contributed by atoms with Crippen molar-refractivity contribution in [1.82, 2.24) is 9.97 Å². The van der Waals surface area contributed by atoms with Crippen LogP contribution in [0.1, 0.15) is 24.0 Å². The molecule has 0 bridgehead atoms. The zero-order valence-electron chi connectivity index (χ0n) is 15.4. The lowest BCUT2D eigenvalue weighted by Crippen LogP contribution is -2.25. The second-order valence-corrected chi connectivity index (χ2v) is 6.80. The Morgan fingerprint density at radius 3 is 2.79 bits per heavy atom. The first-order chi connectivity index (χ1) is 13.7. The maximum absolute atomic E-state index is 11.2. The largest absolute Gasteiger partial charge is 0.322 e. The smallest absolute Gasteiger partial charge is 0.271 e. The third-order valence-corrected chi connectivity index (χ3v) is 4.83. The first-order valence-corrected chi connectivity index (χ1v) is 9.26. The van der Waals surface area contributed by atoms with Crippen molar-refractivity contribution >= 4 is 23.3 Å². The Balaban J connectivity index is 1.56. The highest BCUT2D eigenvalue weighted by Gasteiger charge is 2.21. The van der Waals surface area contributed by atoms with Crippen LogP contribution in [0, 0.1) is 10.1 Å². The molecule has 6 nitrogen and oxygen atoms in total. The molecule has 1 aromatic carbocycles. The summed E-state index contributed by atoms with van der Waals surface area (Å²) in [5, 5.41) is 11.2. The number of hydrogen-bond donors (Lipinski definition) is 0. The molecule has 140 valence electrons. The third-order valence-electron chi connectivity index (χ3n) is 4.83. The number of rotatable bonds is 6. The molecule has 4 rings (SSSR count). The van der Waals surface area contributed by atoms with Gasteiger partial charge in [0.05, 0.1) is 4.92 Å². The van der Waals surface area contributed by atoms with Gasteiger partial charge < -0.3 is 4.90 Å². The Hall–Kier alpha value is -3.54. The van der Waals surface area contributed by atoms with Gasteiger partial charge in [-0.1, -0.05) is 18.2 Å². The van der Waals surface area contributed by atoms with Gasteiger partial charge in [-0.05, 0) is 54.7 Å². The number of non-ortho nitro benzene ring substituents is 1. The van der Waals surface area contributed by atoms with Crippen molar-refractivity contribution in [2.75, 3.05) is 11.4 Å². The first-order valence-electron chi connectivity index (χ1n) is 9.26. The Labute approximate surface area is 163 Å². The molecule has 28 heavy (non-hydrogen) atoms. The van der Waals surface area contributed by atoms with Crippen molar-refractivity contribution in [3.63, 3.8) is 0 Å². The molecule has 0 amide bonds. The molecule has 0 unspecified atom stereocenters. The highest BCUT2D eigenvalue weighted by atomic mass is 16.6. The van der Waals surface area contributed by atoms with Crippen LogP contribution in [0.15, 0.2) is 72.7 Å². The van der Waals surface area contributed by atoms with E-state index in [1.165, 1.54) is 17.2 Å². The Morgan fingerprint density at radius 1 is 1.07 bits per heavy atom. The molecule has 3 aromatic rings. The van der Waals surface area contributed by atoms with Crippen molar-refractivity contribution < 1.29 is 4.92 Å². The zero-order chi connectivity index (χ0) is 19.3. The van der Waals surface area contributed by atoms with E-state index in [1.807, 2.05) is 30.5 Å². The number of anilines is 2. The SMILES string of the molecule is O=[N+]([O-])c1cccc(N2CC(CCCc3cccnc3)=Cc3cccnc32)c1. The maximum atomic E-state index is 11.2. The monoisotopic (exact) mass is 372 g/mol. The summed E-state index contributed by atoms with van der Waals surface area (Å²) in [4.78, 5) is 21.6. The van der Waals surface area contributed by atoms with Gasteiger partial charge in [0.25, 0.3) is 5.69 Å². The van der Waals surface area contributed by atoms with Gasteiger partial charge in [0.15, 0.2) is 0 Å². The van der Waals surface area contributed by atoms with Gasteiger partial charge in [-0.25, -0.2) is 4.98 Å². The second-order valence-electron chi connectivity index (χ2n) is 6.80. The van der Waals surface area contributed by atoms with E-state index < -0.39 is 0 Å². The maximum Gasteiger partial charge on any atom is 0.271 e. The predicted molar refractivity (Wildman–Crippen MR) is 109 cm³/mol. The van der Waals surface area contributed by atoms with Crippen LogP contribution in [-0.4, -0.2) is 21.4 Å². The molecule has 6 heteroatoms. The number of nitro groups is 1. The summed E-state index contributed by atoms with van der Waals surface area (Å²) in [5.74, 6) is 0.832. The normalized spacial score (nSPS) is 13.0. The van der Waals surface area contributed by atoms with E-state index in [9.17, 15) is 10.1 Å². The average Bonchev–Trinajstić information content (AvgIpc) is 2.74. The number of pyridine rings is 2. The van der Waals surface area contributed by atoms with Crippen LogP contribution in [0.4, 0.5) is 17.2 Å². The lowest BCUT2D eigenvalue weighted by atomic mass is 9.99. The topological polar surface area (TPSA) is 72.2 Å². The number of aryl methyl sites for hydroxylation is 1. The molecule has 0 atom stereocenters. The van der Waals surface area contributed by atoms with Crippen LogP contribution in [0.25, 0.3) is 6.08 Å². The molecule has 0 spiro atoms. The lowest BCUT2D eigenvalue weighted by Gasteiger charge is -2.30. The molecule has 0 saturated carbocycles. The van der Waals surface area contributed by atoms with Gasteiger partial charge in [0.2, 0.25) is 0 Å². The van der Waals surface area contributed by atoms with Gasteiger partial charge in [0.1, 0.15) is 5.82 Å². The van der Waals surface area contributed by atoms with Crippen molar-refractivity contribution in [2.24, 2.45) is 0 Å². The fourth-order valence-corrected chi connectivity index (χ4v) is 3.50. The highest BCUT2D eigenvalue weighted by molar-refractivity contribution is 5.77. The molecule has 1 aliphatic rings. The first kappa shape index (κ1) is 17.9. The van der Waals surface area contributed by atoms with Crippen LogP contribution >= 0.6 is 0 Å². The van der Waals surface area contributed by atoms with Gasteiger partial charge in [0, 0.05) is 48.5 Å².